The van der Waals surface area contributed by atoms with Crippen molar-refractivity contribution in [1.82, 2.24) is 0 Å². The number of phenolic OH excluding ortho intramolecular Hbond substituents is 2. The number of Topliss-reactive ketones (excluding diaryl/α,β-unsaturated/α-hetero) is 1. The van der Waals surface area contributed by atoms with E-state index < -0.39 is 35.2 Å². The molecule has 170 valence electrons. The second-order valence-electron chi connectivity index (χ2n) is 7.78. The lowest BCUT2D eigenvalue weighted by Crippen LogP contribution is -2.53. The monoisotopic (exact) mass is 444 g/mol. The average Bonchev–Trinajstić information content (AvgIpc) is 2.68. The molecular formula is C23H24O9. The number of aryl methyl sites for hydroxylation is 1. The molecule has 3 rings (SSSR count). The Labute approximate surface area is 184 Å². The van der Waals surface area contributed by atoms with Gasteiger partial charge in [0.15, 0.2) is 11.4 Å². The van der Waals surface area contributed by atoms with E-state index in [1.807, 2.05) is 0 Å². The first-order valence-electron chi connectivity index (χ1n) is 9.87. The van der Waals surface area contributed by atoms with E-state index in [2.05, 4.69) is 0 Å². The van der Waals surface area contributed by atoms with Crippen LogP contribution in [0.15, 0.2) is 47.3 Å². The summed E-state index contributed by atoms with van der Waals surface area (Å²) in [5, 5.41) is 30.4. The molecular weight excluding hydrogens is 420 g/mol. The van der Waals surface area contributed by atoms with Gasteiger partial charge in [0.2, 0.25) is 0 Å². The highest BCUT2D eigenvalue weighted by Crippen LogP contribution is 2.37. The number of aromatic hydroxyl groups is 2. The van der Waals surface area contributed by atoms with Crippen LogP contribution in [-0.4, -0.2) is 58.0 Å². The maximum atomic E-state index is 12.9. The molecule has 0 radical (unpaired) electrons. The van der Waals surface area contributed by atoms with Gasteiger partial charge in [-0.25, -0.2) is 4.79 Å². The molecule has 2 aliphatic rings. The number of phenols is 2. The Morgan fingerprint density at radius 1 is 1.31 bits per heavy atom. The summed E-state index contributed by atoms with van der Waals surface area (Å²) < 4.78 is 15.8. The standard InChI is InChI=1S/C23H24O9/c1-12-7-15(25)10-18(26)20(12)22(28)32-19-9-14-8-16(5-4-6-30-13(2)24)31-11-17(14)21(27)23(19,3)29/h4-5,7-8,10,19,25-26,29H,6,9,11H2,1-3H3. The number of ketones is 1. The van der Waals surface area contributed by atoms with E-state index in [-0.39, 0.29) is 42.1 Å². The first-order valence-corrected chi connectivity index (χ1v) is 9.87. The average molecular weight is 444 g/mol. The van der Waals surface area contributed by atoms with E-state index in [0.717, 1.165) is 6.07 Å². The number of hydrogen-bond acceptors (Lipinski definition) is 9. The number of allylic oxidation sites excluding steroid dienone is 2. The van der Waals surface area contributed by atoms with Crippen LogP contribution in [0, 0.1) is 6.92 Å². The molecule has 0 bridgehead atoms. The Bertz CT molecular complexity index is 1040. The fraction of sp³-hybridized carbons (Fsp3) is 0.348. The molecule has 1 aliphatic carbocycles. The Hall–Kier alpha value is -3.59. The second kappa shape index (κ2) is 8.88. The van der Waals surface area contributed by atoms with Gasteiger partial charge >= 0.3 is 11.9 Å². The van der Waals surface area contributed by atoms with E-state index in [4.69, 9.17) is 14.2 Å². The summed E-state index contributed by atoms with van der Waals surface area (Å²) in [6, 6.07) is 2.29. The Balaban J connectivity index is 1.83. The summed E-state index contributed by atoms with van der Waals surface area (Å²) in [4.78, 5) is 36.4. The minimum atomic E-state index is -1.99. The summed E-state index contributed by atoms with van der Waals surface area (Å²) in [6.07, 6.45) is 3.59. The van der Waals surface area contributed by atoms with Crippen molar-refractivity contribution in [3.05, 3.63) is 58.4 Å². The van der Waals surface area contributed by atoms with Crippen molar-refractivity contribution in [3.63, 3.8) is 0 Å². The maximum Gasteiger partial charge on any atom is 0.342 e. The number of ether oxygens (including phenoxy) is 3. The quantitative estimate of drug-likeness (QED) is 0.582. The van der Waals surface area contributed by atoms with Crippen LogP contribution in [0.4, 0.5) is 0 Å². The van der Waals surface area contributed by atoms with Crippen molar-refractivity contribution in [2.45, 2.75) is 38.9 Å². The summed E-state index contributed by atoms with van der Waals surface area (Å²) in [7, 11) is 0. The van der Waals surface area contributed by atoms with E-state index in [1.165, 1.54) is 26.8 Å². The molecule has 1 aromatic rings. The van der Waals surface area contributed by atoms with Crippen molar-refractivity contribution >= 4 is 17.7 Å². The molecule has 0 fully saturated rings. The molecule has 0 spiro atoms. The third-order valence-electron chi connectivity index (χ3n) is 5.27. The third kappa shape index (κ3) is 4.67. The lowest BCUT2D eigenvalue weighted by Gasteiger charge is -2.38. The highest BCUT2D eigenvalue weighted by molar-refractivity contribution is 6.05. The minimum absolute atomic E-state index is 0.0440. The number of hydrogen-bond donors (Lipinski definition) is 3. The van der Waals surface area contributed by atoms with Crippen molar-refractivity contribution < 1.29 is 43.9 Å². The number of aliphatic hydroxyl groups is 1. The summed E-state index contributed by atoms with van der Waals surface area (Å²) in [5.74, 6) is -2.24. The summed E-state index contributed by atoms with van der Waals surface area (Å²) in [6.45, 7) is 4.06. The van der Waals surface area contributed by atoms with Crippen LogP contribution in [0.25, 0.3) is 0 Å². The fourth-order valence-electron chi connectivity index (χ4n) is 3.58. The molecule has 2 unspecified atom stereocenters. The van der Waals surface area contributed by atoms with Gasteiger partial charge in [-0.1, -0.05) is 0 Å². The molecule has 32 heavy (non-hydrogen) atoms. The topological polar surface area (TPSA) is 140 Å². The lowest BCUT2D eigenvalue weighted by atomic mass is 9.77. The van der Waals surface area contributed by atoms with Crippen molar-refractivity contribution in [3.8, 4) is 11.5 Å². The van der Waals surface area contributed by atoms with Crippen LogP contribution in [0.5, 0.6) is 11.5 Å². The zero-order valence-electron chi connectivity index (χ0n) is 17.9. The Morgan fingerprint density at radius 3 is 2.69 bits per heavy atom. The highest BCUT2D eigenvalue weighted by Gasteiger charge is 2.48. The number of carbonyl (C=O) groups excluding carboxylic acids is 3. The van der Waals surface area contributed by atoms with Gasteiger partial charge in [-0.15, -0.1) is 0 Å². The van der Waals surface area contributed by atoms with Crippen molar-refractivity contribution in [1.29, 1.82) is 0 Å². The van der Waals surface area contributed by atoms with Crippen LogP contribution >= 0.6 is 0 Å². The summed E-state index contributed by atoms with van der Waals surface area (Å²) >= 11 is 0. The molecule has 0 amide bonds. The zero-order chi connectivity index (χ0) is 23.6. The fourth-order valence-corrected chi connectivity index (χ4v) is 3.58. The van der Waals surface area contributed by atoms with Crippen LogP contribution in [0.2, 0.25) is 0 Å². The van der Waals surface area contributed by atoms with Crippen molar-refractivity contribution in [2.24, 2.45) is 0 Å². The van der Waals surface area contributed by atoms with Gasteiger partial charge in [-0.05, 0) is 49.3 Å². The number of carbonyl (C=O) groups is 3. The largest absolute Gasteiger partial charge is 0.508 e. The minimum Gasteiger partial charge on any atom is -0.508 e. The molecule has 2 atom stereocenters. The lowest BCUT2D eigenvalue weighted by molar-refractivity contribution is -0.146. The molecule has 1 aromatic carbocycles. The van der Waals surface area contributed by atoms with Crippen molar-refractivity contribution in [2.75, 3.05) is 13.2 Å². The zero-order valence-corrected chi connectivity index (χ0v) is 17.9. The van der Waals surface area contributed by atoms with Crippen LogP contribution in [0.3, 0.4) is 0 Å². The van der Waals surface area contributed by atoms with Crippen LogP contribution in [-0.2, 0) is 23.8 Å². The SMILES string of the molecule is CC(=O)OCC=CC1=CC2=C(CO1)C(=O)C(C)(O)C(OC(=O)c1c(C)cc(O)cc1O)C2. The van der Waals surface area contributed by atoms with Gasteiger partial charge in [-0.2, -0.15) is 0 Å². The van der Waals surface area contributed by atoms with Gasteiger partial charge < -0.3 is 29.5 Å². The van der Waals surface area contributed by atoms with Gasteiger partial charge in [0.05, 0.1) is 0 Å². The molecule has 0 saturated carbocycles. The number of rotatable bonds is 5. The Kier molecular flexibility index (Phi) is 6.40. The van der Waals surface area contributed by atoms with E-state index >= 15 is 0 Å². The van der Waals surface area contributed by atoms with Gasteiger partial charge in [0, 0.05) is 25.0 Å². The molecule has 3 N–H and O–H groups in total. The normalized spacial score (nSPS) is 22.8. The van der Waals surface area contributed by atoms with Crippen LogP contribution < -0.4 is 0 Å². The third-order valence-corrected chi connectivity index (χ3v) is 5.27. The Morgan fingerprint density at radius 2 is 2.03 bits per heavy atom. The molecule has 1 heterocycles. The van der Waals surface area contributed by atoms with E-state index in [0.29, 0.717) is 11.3 Å². The first-order chi connectivity index (χ1) is 15.0. The van der Waals surface area contributed by atoms with Crippen LogP contribution in [0.1, 0.15) is 36.2 Å². The van der Waals surface area contributed by atoms with E-state index in [1.54, 1.807) is 18.2 Å². The molecule has 9 nitrogen and oxygen atoms in total. The molecule has 1 aliphatic heterocycles. The smallest absolute Gasteiger partial charge is 0.342 e. The second-order valence-corrected chi connectivity index (χ2v) is 7.78. The first kappa shape index (κ1) is 23.1. The number of esters is 2. The molecule has 0 aromatic heterocycles. The van der Waals surface area contributed by atoms with E-state index in [9.17, 15) is 29.7 Å². The van der Waals surface area contributed by atoms with Gasteiger partial charge in [0.1, 0.15) is 42.1 Å². The predicted molar refractivity (Wildman–Crippen MR) is 111 cm³/mol. The highest BCUT2D eigenvalue weighted by atomic mass is 16.6. The number of benzene rings is 1. The van der Waals surface area contributed by atoms with Gasteiger partial charge in [0.25, 0.3) is 0 Å². The maximum absolute atomic E-state index is 12.9. The van der Waals surface area contributed by atoms with Gasteiger partial charge in [-0.3, -0.25) is 9.59 Å². The summed E-state index contributed by atoms with van der Waals surface area (Å²) in [5.41, 5.74) is -1.05. The predicted octanol–water partition coefficient (Wildman–Crippen LogP) is 1.99. The molecule has 0 saturated heterocycles. The molecule has 9 heteroatoms.